The van der Waals surface area contributed by atoms with Crippen LogP contribution in [0.5, 0.6) is 5.75 Å². The maximum Gasteiger partial charge on any atom is 0.420 e. The Balaban J connectivity index is 0.000000661. The summed E-state index contributed by atoms with van der Waals surface area (Å²) in [6.07, 6.45) is -3.26. The molecule has 0 radical (unpaired) electrons. The van der Waals surface area contributed by atoms with Crippen molar-refractivity contribution in [3.63, 3.8) is 0 Å². The predicted molar refractivity (Wildman–Crippen MR) is 178 cm³/mol. The van der Waals surface area contributed by atoms with E-state index < -0.39 is 47.4 Å². The second-order valence-electron chi connectivity index (χ2n) is 13.3. The van der Waals surface area contributed by atoms with E-state index in [2.05, 4.69) is 57.2 Å². The van der Waals surface area contributed by atoms with E-state index in [9.17, 15) is 27.6 Å². The standard InChI is InChI=1S/C26H26F3N5O7.C8H18O/c1-39-22-11-20(32-25(37)38)19(10-18(22)26(27,28)29)31-23(36)12-21(35)15-5-4-6-16(9-15)34-17(13-30-33-34)14-41-24-7-2-3-8-40-24;1-7(2,3)9-8(4,5)6/h4-6,9-11,13,24,32H,2-3,7-8,12,14H2,1H3,(H,31,36)(H,37,38);1-6H3. The number of carboxylic acid groups (broad SMARTS) is 1. The molecule has 0 spiro atoms. The zero-order valence-corrected chi connectivity index (χ0v) is 29.1. The van der Waals surface area contributed by atoms with E-state index in [0.29, 0.717) is 24.1 Å². The van der Waals surface area contributed by atoms with Crippen LogP contribution in [0.25, 0.3) is 5.69 Å². The van der Waals surface area contributed by atoms with Crippen LogP contribution in [-0.4, -0.2) is 69.1 Å². The molecule has 1 aromatic heterocycles. The Morgan fingerprint density at radius 2 is 1.68 bits per heavy atom. The molecule has 2 heterocycles. The molecule has 274 valence electrons. The summed E-state index contributed by atoms with van der Waals surface area (Å²) in [6, 6.07) is 7.51. The first-order valence-corrected chi connectivity index (χ1v) is 15.8. The molecule has 3 aromatic rings. The summed E-state index contributed by atoms with van der Waals surface area (Å²) in [6.45, 7) is 13.2. The Kier molecular flexibility index (Phi) is 13.5. The van der Waals surface area contributed by atoms with Crippen LogP contribution in [0.2, 0.25) is 0 Å². The number of ketones is 1. The number of methoxy groups -OCH3 is 1. The molecule has 0 saturated carbocycles. The van der Waals surface area contributed by atoms with Crippen molar-refractivity contribution in [2.45, 2.75) is 97.5 Å². The molecular formula is C34H44F3N5O8. The fourth-order valence-corrected chi connectivity index (χ4v) is 5.06. The van der Waals surface area contributed by atoms with Crippen molar-refractivity contribution < 1.29 is 51.6 Å². The highest BCUT2D eigenvalue weighted by atomic mass is 19.4. The molecule has 0 aliphatic carbocycles. The van der Waals surface area contributed by atoms with Gasteiger partial charge in [0.15, 0.2) is 12.1 Å². The minimum Gasteiger partial charge on any atom is -0.496 e. The minimum atomic E-state index is -4.86. The predicted octanol–water partition coefficient (Wildman–Crippen LogP) is 7.24. The van der Waals surface area contributed by atoms with Gasteiger partial charge in [-0.05, 0) is 79.0 Å². The molecule has 4 rings (SSSR count). The Bertz CT molecular complexity index is 1610. The van der Waals surface area contributed by atoms with Gasteiger partial charge in [-0.1, -0.05) is 17.3 Å². The maximum absolute atomic E-state index is 13.5. The Labute approximate surface area is 288 Å². The lowest BCUT2D eigenvalue weighted by atomic mass is 10.1. The van der Waals surface area contributed by atoms with Gasteiger partial charge in [0.25, 0.3) is 0 Å². The van der Waals surface area contributed by atoms with Crippen molar-refractivity contribution in [3.05, 3.63) is 59.4 Å². The fourth-order valence-electron chi connectivity index (χ4n) is 5.06. The van der Waals surface area contributed by atoms with Gasteiger partial charge in [0.1, 0.15) is 5.75 Å². The number of Topliss-reactive ketones (excluding diaryl/α,β-unsaturated/α-hetero) is 1. The summed E-state index contributed by atoms with van der Waals surface area (Å²) in [7, 11) is 0.987. The van der Waals surface area contributed by atoms with Gasteiger partial charge < -0.3 is 29.4 Å². The lowest BCUT2D eigenvalue weighted by Crippen LogP contribution is -2.31. The minimum absolute atomic E-state index is 0.0156. The van der Waals surface area contributed by atoms with Gasteiger partial charge in [-0.25, -0.2) is 9.48 Å². The SMILES string of the molecule is CC(C)(C)OC(C)(C)C.COc1cc(NC(=O)O)c(NC(=O)CC(=O)c2cccc(-n3nncc3COC3CCCCO3)c2)cc1C(F)(F)F. The lowest BCUT2D eigenvalue weighted by Gasteiger charge is -2.30. The van der Waals surface area contributed by atoms with E-state index in [-0.39, 0.29) is 35.3 Å². The van der Waals surface area contributed by atoms with Crippen LogP contribution >= 0.6 is 0 Å². The molecule has 0 bridgehead atoms. The number of nitrogens with zero attached hydrogens (tertiary/aromatic N) is 3. The molecule has 1 aliphatic rings. The van der Waals surface area contributed by atoms with Crippen LogP contribution in [0, 0.1) is 0 Å². The highest BCUT2D eigenvalue weighted by Gasteiger charge is 2.36. The zero-order valence-electron chi connectivity index (χ0n) is 29.1. The molecule has 1 fully saturated rings. The zero-order chi connectivity index (χ0) is 37.3. The van der Waals surface area contributed by atoms with Crippen molar-refractivity contribution >= 4 is 29.2 Å². The van der Waals surface area contributed by atoms with Crippen LogP contribution in [0.3, 0.4) is 0 Å². The second-order valence-corrected chi connectivity index (χ2v) is 13.3. The molecule has 2 aromatic carbocycles. The summed E-state index contributed by atoms with van der Waals surface area (Å²) < 4.78 is 63.7. The molecule has 3 N–H and O–H groups in total. The number of carbonyl (C=O) groups excluding carboxylic acids is 2. The quantitative estimate of drug-likeness (QED) is 0.145. The van der Waals surface area contributed by atoms with Crippen LogP contribution in [0.15, 0.2) is 42.6 Å². The molecule has 1 saturated heterocycles. The van der Waals surface area contributed by atoms with Gasteiger partial charge in [-0.2, -0.15) is 13.2 Å². The number of rotatable bonds is 10. The molecule has 1 aliphatic heterocycles. The van der Waals surface area contributed by atoms with Crippen LogP contribution in [0.1, 0.15) is 88.8 Å². The summed E-state index contributed by atoms with van der Waals surface area (Å²) in [5, 5.41) is 21.1. The molecule has 2 amide bonds. The molecule has 1 unspecified atom stereocenters. The third kappa shape index (κ3) is 12.7. The van der Waals surface area contributed by atoms with Crippen LogP contribution in [0.4, 0.5) is 29.3 Å². The number of carbonyl (C=O) groups is 3. The van der Waals surface area contributed by atoms with E-state index >= 15 is 0 Å². The lowest BCUT2D eigenvalue weighted by molar-refractivity contribution is -0.169. The van der Waals surface area contributed by atoms with E-state index in [1.807, 2.05) is 5.32 Å². The van der Waals surface area contributed by atoms with Crippen molar-refractivity contribution in [1.82, 2.24) is 15.0 Å². The first-order valence-electron chi connectivity index (χ1n) is 15.8. The van der Waals surface area contributed by atoms with Crippen molar-refractivity contribution in [1.29, 1.82) is 0 Å². The number of hydrogen-bond donors (Lipinski definition) is 3. The maximum atomic E-state index is 13.5. The number of amides is 2. The van der Waals surface area contributed by atoms with Crippen molar-refractivity contribution in [3.8, 4) is 11.4 Å². The summed E-state index contributed by atoms with van der Waals surface area (Å²) in [5.74, 6) is -2.26. The Hall–Kier alpha value is -4.54. The van der Waals surface area contributed by atoms with Gasteiger partial charge in [0.2, 0.25) is 5.91 Å². The van der Waals surface area contributed by atoms with E-state index in [1.165, 1.54) is 23.0 Å². The normalized spacial score (nSPS) is 15.0. The van der Waals surface area contributed by atoms with Gasteiger partial charge >= 0.3 is 12.3 Å². The highest BCUT2D eigenvalue weighted by Crippen LogP contribution is 2.41. The van der Waals surface area contributed by atoms with Crippen LogP contribution < -0.4 is 15.4 Å². The number of anilines is 2. The van der Waals surface area contributed by atoms with Gasteiger partial charge in [-0.3, -0.25) is 14.9 Å². The number of halogens is 3. The number of aromatic nitrogens is 3. The van der Waals surface area contributed by atoms with Gasteiger partial charge in [0.05, 0.1) is 65.9 Å². The average molecular weight is 708 g/mol. The van der Waals surface area contributed by atoms with Gasteiger partial charge in [-0.15, -0.1) is 5.10 Å². The third-order valence-corrected chi connectivity index (χ3v) is 6.68. The highest BCUT2D eigenvalue weighted by molar-refractivity contribution is 6.12. The molecule has 16 heteroatoms. The largest absolute Gasteiger partial charge is 0.496 e. The first kappa shape index (κ1) is 39.9. The third-order valence-electron chi connectivity index (χ3n) is 6.68. The molecular weight excluding hydrogens is 663 g/mol. The topological polar surface area (TPSA) is 163 Å². The summed E-state index contributed by atoms with van der Waals surface area (Å²) >= 11 is 0. The fraction of sp³-hybridized carbons (Fsp3) is 0.500. The Morgan fingerprint density at radius 1 is 1.00 bits per heavy atom. The first-order chi connectivity index (χ1) is 23.3. The molecule has 13 nitrogen and oxygen atoms in total. The number of hydrogen-bond acceptors (Lipinski definition) is 9. The van der Waals surface area contributed by atoms with Crippen molar-refractivity contribution in [2.75, 3.05) is 24.4 Å². The van der Waals surface area contributed by atoms with Crippen molar-refractivity contribution in [2.24, 2.45) is 0 Å². The number of nitrogens with one attached hydrogen (secondary N) is 2. The second kappa shape index (κ2) is 16.9. The molecule has 50 heavy (non-hydrogen) atoms. The smallest absolute Gasteiger partial charge is 0.420 e. The number of ether oxygens (including phenoxy) is 4. The van der Waals surface area contributed by atoms with Crippen LogP contribution in [-0.2, 0) is 31.8 Å². The van der Waals surface area contributed by atoms with E-state index in [1.54, 1.807) is 12.1 Å². The van der Waals surface area contributed by atoms with Gasteiger partial charge in [0, 0.05) is 18.2 Å². The Morgan fingerprint density at radius 3 is 2.24 bits per heavy atom. The molecule has 1 atom stereocenters. The summed E-state index contributed by atoms with van der Waals surface area (Å²) in [4.78, 5) is 36.8. The summed E-state index contributed by atoms with van der Waals surface area (Å²) in [5.41, 5.74) is -0.949. The average Bonchev–Trinajstić information content (AvgIpc) is 3.48. The van der Waals surface area contributed by atoms with E-state index in [4.69, 9.17) is 24.1 Å². The monoisotopic (exact) mass is 707 g/mol. The number of benzene rings is 2. The van der Waals surface area contributed by atoms with E-state index in [0.717, 1.165) is 32.4 Å². The number of alkyl halides is 3.